The van der Waals surface area contributed by atoms with E-state index in [1.165, 1.54) is 6.92 Å². The molecule has 1 fully saturated rings. The molecule has 0 bridgehead atoms. The Morgan fingerprint density at radius 3 is 2.37 bits per heavy atom. The summed E-state index contributed by atoms with van der Waals surface area (Å²) in [6.45, 7) is 4.59. The molecular formula is C13H22N2O4. The normalized spacial score (nSPS) is 17.9. The van der Waals surface area contributed by atoms with Crippen LogP contribution in [0.2, 0.25) is 0 Å². The van der Waals surface area contributed by atoms with Gasteiger partial charge in [-0.1, -0.05) is 0 Å². The van der Waals surface area contributed by atoms with Crippen LogP contribution in [0.15, 0.2) is 0 Å². The van der Waals surface area contributed by atoms with Crippen molar-refractivity contribution in [3.8, 4) is 0 Å². The smallest absolute Gasteiger partial charge is 0.303 e. The van der Waals surface area contributed by atoms with Gasteiger partial charge in [0.15, 0.2) is 0 Å². The van der Waals surface area contributed by atoms with Gasteiger partial charge in [-0.15, -0.1) is 0 Å². The summed E-state index contributed by atoms with van der Waals surface area (Å²) in [6, 6.07) is -0.130. The summed E-state index contributed by atoms with van der Waals surface area (Å²) in [6.07, 6.45) is 1.85. The molecule has 6 nitrogen and oxygen atoms in total. The van der Waals surface area contributed by atoms with Crippen molar-refractivity contribution < 1.29 is 19.5 Å². The van der Waals surface area contributed by atoms with Crippen molar-refractivity contribution in [2.75, 3.05) is 13.1 Å². The third-order valence-corrected chi connectivity index (χ3v) is 3.49. The second-order valence-electron chi connectivity index (χ2n) is 5.12. The number of rotatable bonds is 5. The Bertz CT molecular complexity index is 349. The molecule has 1 aliphatic rings. The van der Waals surface area contributed by atoms with Gasteiger partial charge in [-0.3, -0.25) is 14.4 Å². The molecule has 2 N–H and O–H groups in total. The molecule has 0 aromatic heterocycles. The van der Waals surface area contributed by atoms with Gasteiger partial charge in [0.05, 0.1) is 0 Å². The summed E-state index contributed by atoms with van der Waals surface area (Å²) < 4.78 is 0. The Morgan fingerprint density at radius 1 is 1.32 bits per heavy atom. The minimum atomic E-state index is -0.851. The number of aliphatic carboxylic acids is 1. The van der Waals surface area contributed by atoms with Crippen molar-refractivity contribution in [3.05, 3.63) is 0 Å². The molecule has 1 atom stereocenters. The number of hydrogen-bond acceptors (Lipinski definition) is 3. The molecule has 0 aliphatic carbocycles. The number of piperidine rings is 1. The summed E-state index contributed by atoms with van der Waals surface area (Å²) in [5.41, 5.74) is 0. The van der Waals surface area contributed by atoms with Gasteiger partial charge in [-0.05, 0) is 26.2 Å². The molecule has 1 aliphatic heterocycles. The lowest BCUT2D eigenvalue weighted by Gasteiger charge is -2.31. The molecule has 6 heteroatoms. The Morgan fingerprint density at radius 2 is 1.89 bits per heavy atom. The lowest BCUT2D eigenvalue weighted by Crippen LogP contribution is -2.44. The van der Waals surface area contributed by atoms with Gasteiger partial charge in [0.25, 0.3) is 0 Å². The number of nitrogens with one attached hydrogen (secondary N) is 1. The predicted molar refractivity (Wildman–Crippen MR) is 69.5 cm³/mol. The molecule has 1 saturated heterocycles. The molecule has 1 heterocycles. The first-order valence-electron chi connectivity index (χ1n) is 6.68. The van der Waals surface area contributed by atoms with Crippen LogP contribution in [0.4, 0.5) is 0 Å². The van der Waals surface area contributed by atoms with Crippen LogP contribution in [-0.2, 0) is 14.4 Å². The lowest BCUT2D eigenvalue weighted by molar-refractivity contribution is -0.137. The SMILES string of the molecule is CC(=O)N1CCC(C(=O)NC(C)CCC(=O)O)CC1. The highest BCUT2D eigenvalue weighted by Crippen LogP contribution is 2.17. The average Bonchev–Trinajstić information content (AvgIpc) is 2.36. The fourth-order valence-electron chi connectivity index (χ4n) is 2.23. The van der Waals surface area contributed by atoms with E-state index in [0.717, 1.165) is 0 Å². The van der Waals surface area contributed by atoms with Gasteiger partial charge < -0.3 is 15.3 Å². The summed E-state index contributed by atoms with van der Waals surface area (Å²) in [4.78, 5) is 35.3. The van der Waals surface area contributed by atoms with E-state index in [-0.39, 0.29) is 30.2 Å². The molecule has 2 amide bonds. The molecule has 0 saturated carbocycles. The first-order chi connectivity index (χ1) is 8.90. The van der Waals surface area contributed by atoms with E-state index in [4.69, 9.17) is 5.11 Å². The molecule has 0 aromatic rings. The van der Waals surface area contributed by atoms with Gasteiger partial charge >= 0.3 is 5.97 Å². The first-order valence-corrected chi connectivity index (χ1v) is 6.68. The van der Waals surface area contributed by atoms with E-state index in [9.17, 15) is 14.4 Å². The first kappa shape index (κ1) is 15.5. The zero-order valence-corrected chi connectivity index (χ0v) is 11.5. The van der Waals surface area contributed by atoms with Crippen LogP contribution in [0, 0.1) is 5.92 Å². The molecule has 0 spiro atoms. The number of carbonyl (C=O) groups excluding carboxylic acids is 2. The quantitative estimate of drug-likeness (QED) is 0.766. The number of nitrogens with zero attached hydrogens (tertiary/aromatic N) is 1. The molecule has 0 aromatic carbocycles. The minimum absolute atomic E-state index is 0.0268. The number of amides is 2. The monoisotopic (exact) mass is 270 g/mol. The number of carboxylic acid groups (broad SMARTS) is 1. The van der Waals surface area contributed by atoms with Crippen LogP contribution in [-0.4, -0.2) is 46.9 Å². The highest BCUT2D eigenvalue weighted by molar-refractivity contribution is 5.80. The van der Waals surface area contributed by atoms with Crippen molar-refractivity contribution in [1.82, 2.24) is 10.2 Å². The van der Waals surface area contributed by atoms with Crippen LogP contribution in [0.25, 0.3) is 0 Å². The van der Waals surface area contributed by atoms with Gasteiger partial charge in [0.2, 0.25) is 11.8 Å². The van der Waals surface area contributed by atoms with Crippen molar-refractivity contribution >= 4 is 17.8 Å². The zero-order chi connectivity index (χ0) is 14.4. The lowest BCUT2D eigenvalue weighted by atomic mass is 9.95. The maximum atomic E-state index is 12.0. The summed E-state index contributed by atoms with van der Waals surface area (Å²) in [7, 11) is 0. The molecule has 108 valence electrons. The molecule has 1 rings (SSSR count). The maximum Gasteiger partial charge on any atom is 0.303 e. The maximum absolute atomic E-state index is 12.0. The standard InChI is InChI=1S/C13H22N2O4/c1-9(3-4-12(17)18)14-13(19)11-5-7-15(8-6-11)10(2)16/h9,11H,3-8H2,1-2H3,(H,14,19)(H,17,18). The third kappa shape index (κ3) is 5.28. The second-order valence-corrected chi connectivity index (χ2v) is 5.12. The van der Waals surface area contributed by atoms with Crippen molar-refractivity contribution in [2.45, 2.75) is 45.6 Å². The second kappa shape index (κ2) is 7.11. The zero-order valence-electron chi connectivity index (χ0n) is 11.5. The summed E-state index contributed by atoms with van der Waals surface area (Å²) in [5, 5.41) is 11.4. The Balaban J connectivity index is 2.31. The van der Waals surface area contributed by atoms with E-state index in [1.807, 2.05) is 6.92 Å². The van der Waals surface area contributed by atoms with Crippen LogP contribution in [0.3, 0.4) is 0 Å². The van der Waals surface area contributed by atoms with E-state index in [1.54, 1.807) is 4.90 Å². The van der Waals surface area contributed by atoms with Crippen LogP contribution < -0.4 is 5.32 Å². The van der Waals surface area contributed by atoms with Gasteiger partial charge in [-0.25, -0.2) is 0 Å². The predicted octanol–water partition coefficient (Wildman–Crippen LogP) is 0.614. The van der Waals surface area contributed by atoms with Crippen molar-refractivity contribution in [1.29, 1.82) is 0 Å². The van der Waals surface area contributed by atoms with Crippen molar-refractivity contribution in [2.24, 2.45) is 5.92 Å². The minimum Gasteiger partial charge on any atom is -0.481 e. The average molecular weight is 270 g/mol. The Kier molecular flexibility index (Phi) is 5.79. The molecular weight excluding hydrogens is 248 g/mol. The Hall–Kier alpha value is -1.59. The van der Waals surface area contributed by atoms with E-state index >= 15 is 0 Å². The van der Waals surface area contributed by atoms with Crippen LogP contribution in [0.1, 0.15) is 39.5 Å². The number of carboxylic acids is 1. The number of hydrogen-bond donors (Lipinski definition) is 2. The highest BCUT2D eigenvalue weighted by Gasteiger charge is 2.26. The highest BCUT2D eigenvalue weighted by atomic mass is 16.4. The third-order valence-electron chi connectivity index (χ3n) is 3.49. The topological polar surface area (TPSA) is 86.7 Å². The number of likely N-dealkylation sites (tertiary alicyclic amines) is 1. The van der Waals surface area contributed by atoms with Crippen LogP contribution in [0.5, 0.6) is 0 Å². The van der Waals surface area contributed by atoms with E-state index < -0.39 is 5.97 Å². The fourth-order valence-corrected chi connectivity index (χ4v) is 2.23. The molecule has 19 heavy (non-hydrogen) atoms. The summed E-state index contributed by atoms with van der Waals surface area (Å²) >= 11 is 0. The van der Waals surface area contributed by atoms with E-state index in [2.05, 4.69) is 5.32 Å². The van der Waals surface area contributed by atoms with Crippen molar-refractivity contribution in [3.63, 3.8) is 0 Å². The van der Waals surface area contributed by atoms with Gasteiger partial charge in [0.1, 0.15) is 0 Å². The molecule has 1 unspecified atom stereocenters. The summed E-state index contributed by atoms with van der Waals surface area (Å²) in [5.74, 6) is -0.895. The van der Waals surface area contributed by atoms with Crippen LogP contribution >= 0.6 is 0 Å². The number of carbonyl (C=O) groups is 3. The Labute approximate surface area is 113 Å². The largest absolute Gasteiger partial charge is 0.481 e. The van der Waals surface area contributed by atoms with Gasteiger partial charge in [-0.2, -0.15) is 0 Å². The molecule has 0 radical (unpaired) electrons. The van der Waals surface area contributed by atoms with E-state index in [0.29, 0.717) is 32.4 Å². The fraction of sp³-hybridized carbons (Fsp3) is 0.769. The van der Waals surface area contributed by atoms with Gasteiger partial charge in [0, 0.05) is 38.4 Å².